The molecule has 10 nitrogen and oxygen atoms in total. The first-order valence-electron chi connectivity index (χ1n) is 8.26. The second kappa shape index (κ2) is 8.79. The highest BCUT2D eigenvalue weighted by molar-refractivity contribution is 5.83. The number of rotatable bonds is 8. The molecule has 2 rings (SSSR count). The van der Waals surface area contributed by atoms with Gasteiger partial charge in [-0.15, -0.1) is 0 Å². The number of aromatic nitrogens is 2. The number of nitrogens with one attached hydrogen (secondary N) is 2. The van der Waals surface area contributed by atoms with Crippen LogP contribution in [0.25, 0.3) is 0 Å². The van der Waals surface area contributed by atoms with Crippen LogP contribution in [0, 0.1) is 10.1 Å². The van der Waals surface area contributed by atoms with Crippen molar-refractivity contribution in [1.82, 2.24) is 9.97 Å². The SMILES string of the molecule is CCc1cc(=O)[nH]c(N/N=C\c2cc(OC)c(OC(C)C)c([N+](=O)[O-])c2)n1. The molecule has 0 radical (unpaired) electrons. The largest absolute Gasteiger partial charge is 0.493 e. The van der Waals surface area contributed by atoms with Gasteiger partial charge in [-0.25, -0.2) is 10.4 Å². The Labute approximate surface area is 155 Å². The number of ether oxygens (including phenoxy) is 2. The summed E-state index contributed by atoms with van der Waals surface area (Å²) in [4.78, 5) is 29.1. The van der Waals surface area contributed by atoms with Crippen LogP contribution in [0.15, 0.2) is 28.1 Å². The third-order valence-electron chi connectivity index (χ3n) is 3.37. The average Bonchev–Trinajstić information content (AvgIpc) is 2.61. The van der Waals surface area contributed by atoms with Crippen molar-refractivity contribution in [2.75, 3.05) is 12.5 Å². The number of benzene rings is 1. The fraction of sp³-hybridized carbons (Fsp3) is 0.353. The van der Waals surface area contributed by atoms with Gasteiger partial charge in [0.25, 0.3) is 5.56 Å². The van der Waals surface area contributed by atoms with E-state index < -0.39 is 4.92 Å². The van der Waals surface area contributed by atoms with E-state index in [0.29, 0.717) is 17.7 Å². The van der Waals surface area contributed by atoms with Crippen LogP contribution in [-0.4, -0.2) is 34.3 Å². The van der Waals surface area contributed by atoms with Crippen molar-refractivity contribution >= 4 is 17.9 Å². The van der Waals surface area contributed by atoms with Gasteiger partial charge in [0.15, 0.2) is 5.75 Å². The summed E-state index contributed by atoms with van der Waals surface area (Å²) >= 11 is 0. The van der Waals surface area contributed by atoms with Gasteiger partial charge in [-0.05, 0) is 26.3 Å². The molecule has 0 aliphatic carbocycles. The van der Waals surface area contributed by atoms with Crippen LogP contribution < -0.4 is 20.5 Å². The summed E-state index contributed by atoms with van der Waals surface area (Å²) in [7, 11) is 1.40. The summed E-state index contributed by atoms with van der Waals surface area (Å²) in [5, 5.41) is 15.4. The van der Waals surface area contributed by atoms with Crippen molar-refractivity contribution in [2.24, 2.45) is 5.10 Å². The molecule has 0 aliphatic heterocycles. The van der Waals surface area contributed by atoms with Gasteiger partial charge in [-0.1, -0.05) is 6.92 Å². The number of H-pyrrole nitrogens is 1. The maximum absolute atomic E-state index is 11.5. The third-order valence-corrected chi connectivity index (χ3v) is 3.37. The van der Waals surface area contributed by atoms with Gasteiger partial charge < -0.3 is 9.47 Å². The number of hydrogen-bond donors (Lipinski definition) is 2. The molecule has 0 amide bonds. The van der Waals surface area contributed by atoms with Gasteiger partial charge in [0.05, 0.1) is 24.4 Å². The summed E-state index contributed by atoms with van der Waals surface area (Å²) in [5.74, 6) is 0.458. The van der Waals surface area contributed by atoms with Gasteiger partial charge in [-0.3, -0.25) is 19.9 Å². The number of nitro groups is 1. The fourth-order valence-corrected chi connectivity index (χ4v) is 2.23. The Hall–Kier alpha value is -3.43. The maximum Gasteiger partial charge on any atom is 0.315 e. The highest BCUT2D eigenvalue weighted by Gasteiger charge is 2.22. The second-order valence-corrected chi connectivity index (χ2v) is 5.80. The Morgan fingerprint density at radius 2 is 2.15 bits per heavy atom. The van der Waals surface area contributed by atoms with E-state index in [1.165, 1.54) is 25.5 Å². The van der Waals surface area contributed by atoms with Gasteiger partial charge in [0.1, 0.15) is 0 Å². The molecule has 0 saturated carbocycles. The Balaban J connectivity index is 2.31. The highest BCUT2D eigenvalue weighted by Crippen LogP contribution is 2.38. The van der Waals surface area contributed by atoms with E-state index in [1.54, 1.807) is 19.9 Å². The van der Waals surface area contributed by atoms with Gasteiger partial charge in [0.2, 0.25) is 11.7 Å². The normalized spacial score (nSPS) is 11.0. The summed E-state index contributed by atoms with van der Waals surface area (Å²) < 4.78 is 10.7. The van der Waals surface area contributed by atoms with E-state index in [4.69, 9.17) is 9.47 Å². The van der Waals surface area contributed by atoms with E-state index in [-0.39, 0.29) is 34.8 Å². The topological polar surface area (TPSA) is 132 Å². The molecule has 2 N–H and O–H groups in total. The van der Waals surface area contributed by atoms with Crippen molar-refractivity contribution in [1.29, 1.82) is 0 Å². The molecule has 1 heterocycles. The third kappa shape index (κ3) is 5.27. The number of aromatic amines is 1. The van der Waals surface area contributed by atoms with Gasteiger partial charge >= 0.3 is 5.69 Å². The predicted molar refractivity (Wildman–Crippen MR) is 101 cm³/mol. The molecule has 2 aromatic rings. The number of nitrogens with zero attached hydrogens (tertiary/aromatic N) is 3. The molecule has 0 atom stereocenters. The summed E-state index contributed by atoms with van der Waals surface area (Å²) in [6.07, 6.45) is 1.70. The number of hydrazone groups is 1. The Morgan fingerprint density at radius 1 is 1.41 bits per heavy atom. The fourth-order valence-electron chi connectivity index (χ4n) is 2.23. The van der Waals surface area contributed by atoms with Crippen LogP contribution in [0.4, 0.5) is 11.6 Å². The molecule has 10 heteroatoms. The minimum absolute atomic E-state index is 0.0595. The quantitative estimate of drug-likeness (QED) is 0.411. The van der Waals surface area contributed by atoms with Gasteiger partial charge in [-0.2, -0.15) is 5.10 Å². The first kappa shape index (κ1) is 19.9. The first-order valence-corrected chi connectivity index (χ1v) is 8.26. The highest BCUT2D eigenvalue weighted by atomic mass is 16.6. The van der Waals surface area contributed by atoms with Gasteiger partial charge in [0, 0.05) is 23.4 Å². The zero-order valence-corrected chi connectivity index (χ0v) is 15.5. The van der Waals surface area contributed by atoms with Crippen molar-refractivity contribution in [2.45, 2.75) is 33.3 Å². The Bertz CT molecular complexity index is 907. The average molecular weight is 375 g/mol. The summed E-state index contributed by atoms with van der Waals surface area (Å²) in [6.45, 7) is 5.41. The molecule has 144 valence electrons. The second-order valence-electron chi connectivity index (χ2n) is 5.80. The van der Waals surface area contributed by atoms with E-state index in [2.05, 4.69) is 20.5 Å². The molecule has 0 bridgehead atoms. The number of anilines is 1. The lowest BCUT2D eigenvalue weighted by molar-refractivity contribution is -0.386. The molecule has 0 unspecified atom stereocenters. The molecule has 0 saturated heterocycles. The monoisotopic (exact) mass is 375 g/mol. The molecule has 0 fully saturated rings. The standard InChI is InChI=1S/C17H21N5O5/c1-5-12-8-15(23)20-17(19-12)21-18-9-11-6-13(22(24)25)16(27-10(2)3)14(7-11)26-4/h6-10H,5H2,1-4H3,(H2,19,20,21,23)/b18-9-. The lowest BCUT2D eigenvalue weighted by Gasteiger charge is -2.14. The molecular formula is C17H21N5O5. The van der Waals surface area contributed by atoms with Crippen molar-refractivity contribution in [3.05, 3.63) is 49.9 Å². The Morgan fingerprint density at radius 3 is 2.74 bits per heavy atom. The van der Waals surface area contributed by atoms with Crippen molar-refractivity contribution < 1.29 is 14.4 Å². The van der Waals surface area contributed by atoms with Crippen LogP contribution in [0.3, 0.4) is 0 Å². The summed E-state index contributed by atoms with van der Waals surface area (Å²) in [6, 6.07) is 4.29. The number of methoxy groups -OCH3 is 1. The van der Waals surface area contributed by atoms with E-state index in [1.807, 2.05) is 6.92 Å². The first-order chi connectivity index (χ1) is 12.8. The molecule has 1 aromatic heterocycles. The van der Waals surface area contributed by atoms with Crippen LogP contribution in [0.5, 0.6) is 11.5 Å². The predicted octanol–water partition coefficient (Wildman–Crippen LogP) is 2.48. The summed E-state index contributed by atoms with van der Waals surface area (Å²) in [5.41, 5.74) is 3.10. The van der Waals surface area contributed by atoms with E-state index in [9.17, 15) is 14.9 Å². The molecule has 27 heavy (non-hydrogen) atoms. The zero-order valence-electron chi connectivity index (χ0n) is 15.5. The molecular weight excluding hydrogens is 354 g/mol. The zero-order chi connectivity index (χ0) is 20.0. The minimum Gasteiger partial charge on any atom is -0.493 e. The van der Waals surface area contributed by atoms with Crippen molar-refractivity contribution in [3.63, 3.8) is 0 Å². The number of aryl methyl sites for hydroxylation is 1. The maximum atomic E-state index is 11.5. The lowest BCUT2D eigenvalue weighted by Crippen LogP contribution is -2.11. The van der Waals surface area contributed by atoms with E-state index >= 15 is 0 Å². The van der Waals surface area contributed by atoms with E-state index in [0.717, 1.165) is 0 Å². The van der Waals surface area contributed by atoms with Crippen molar-refractivity contribution in [3.8, 4) is 11.5 Å². The molecule has 0 spiro atoms. The Kier molecular flexibility index (Phi) is 6.47. The van der Waals surface area contributed by atoms with Crippen LogP contribution in [0.1, 0.15) is 32.0 Å². The van der Waals surface area contributed by atoms with Crippen LogP contribution in [-0.2, 0) is 6.42 Å². The molecule has 1 aromatic carbocycles. The lowest BCUT2D eigenvalue weighted by atomic mass is 10.2. The van der Waals surface area contributed by atoms with Crippen LogP contribution >= 0.6 is 0 Å². The minimum atomic E-state index is -0.547. The smallest absolute Gasteiger partial charge is 0.315 e. The number of hydrogen-bond acceptors (Lipinski definition) is 8. The number of nitro benzene ring substituents is 1. The molecule has 0 aliphatic rings. The van der Waals surface area contributed by atoms with Crippen LogP contribution in [0.2, 0.25) is 0 Å².